The van der Waals surface area contributed by atoms with Crippen molar-refractivity contribution in [1.82, 2.24) is 19.7 Å². The van der Waals surface area contributed by atoms with Gasteiger partial charge in [-0.05, 0) is 55.3 Å². The Hall–Kier alpha value is -3.65. The number of carbonyl (C=O) groups is 1. The lowest BCUT2D eigenvalue weighted by Crippen LogP contribution is -2.20. The predicted molar refractivity (Wildman–Crippen MR) is 125 cm³/mol. The number of hydrogen-bond donors (Lipinski definition) is 1. The van der Waals surface area contributed by atoms with E-state index in [1.54, 1.807) is 24.0 Å². The Morgan fingerprint density at radius 2 is 1.94 bits per heavy atom. The molecule has 2 aromatic carbocycles. The van der Waals surface area contributed by atoms with Crippen LogP contribution in [0.25, 0.3) is 17.2 Å². The highest BCUT2D eigenvalue weighted by Crippen LogP contribution is 2.31. The van der Waals surface area contributed by atoms with Crippen molar-refractivity contribution in [2.24, 2.45) is 5.73 Å². The van der Waals surface area contributed by atoms with Crippen LogP contribution in [0.5, 0.6) is 5.75 Å². The van der Waals surface area contributed by atoms with Gasteiger partial charge >= 0.3 is 0 Å². The van der Waals surface area contributed by atoms with Gasteiger partial charge in [0.1, 0.15) is 11.4 Å². The van der Waals surface area contributed by atoms with Gasteiger partial charge in [0.05, 0.1) is 5.69 Å². The molecule has 32 heavy (non-hydrogen) atoms. The number of nitrogens with two attached hydrogens (primary N) is 1. The van der Waals surface area contributed by atoms with Crippen LogP contribution in [0.2, 0.25) is 0 Å². The highest BCUT2D eigenvalue weighted by atomic mass is 32.2. The Kier molecular flexibility index (Phi) is 6.51. The first-order chi connectivity index (χ1) is 15.5. The molecule has 0 saturated heterocycles. The van der Waals surface area contributed by atoms with Crippen LogP contribution < -0.4 is 10.5 Å². The molecule has 0 fully saturated rings. The monoisotopic (exact) mass is 445 g/mol. The van der Waals surface area contributed by atoms with E-state index in [2.05, 4.69) is 51.8 Å². The minimum Gasteiger partial charge on any atom is -0.484 e. The Bertz CT molecular complexity index is 1240. The number of amides is 1. The van der Waals surface area contributed by atoms with Crippen LogP contribution in [0, 0.1) is 13.8 Å². The number of ether oxygens (including phenoxy) is 1. The van der Waals surface area contributed by atoms with Crippen molar-refractivity contribution in [3.63, 3.8) is 0 Å². The fraction of sp³-hybridized carbons (Fsp3) is 0.167. The van der Waals surface area contributed by atoms with E-state index >= 15 is 0 Å². The smallest absolute Gasteiger partial charge is 0.255 e. The van der Waals surface area contributed by atoms with Gasteiger partial charge in [-0.25, -0.2) is 0 Å². The van der Waals surface area contributed by atoms with Crippen molar-refractivity contribution in [3.8, 4) is 23.0 Å². The Balaban J connectivity index is 1.65. The Morgan fingerprint density at radius 3 is 2.69 bits per heavy atom. The number of rotatable bonds is 8. The summed E-state index contributed by atoms with van der Waals surface area (Å²) in [7, 11) is 0. The predicted octanol–water partition coefficient (Wildman–Crippen LogP) is 4.10. The SMILES string of the molecule is Cc1ccc(-n2c(SCc3cccc(OCC(N)=O)c3)nnc2-c2ccccn2)c(C)c1. The first kappa shape index (κ1) is 21.6. The molecular weight excluding hydrogens is 422 g/mol. The van der Waals surface area contributed by atoms with Crippen LogP contribution >= 0.6 is 11.8 Å². The van der Waals surface area contributed by atoms with Gasteiger partial charge < -0.3 is 10.5 Å². The van der Waals surface area contributed by atoms with E-state index in [9.17, 15) is 4.79 Å². The molecule has 0 atom stereocenters. The number of pyridine rings is 1. The number of aromatic nitrogens is 4. The molecule has 0 spiro atoms. The maximum atomic E-state index is 11.0. The molecule has 4 aromatic rings. The molecule has 7 nitrogen and oxygen atoms in total. The lowest BCUT2D eigenvalue weighted by Gasteiger charge is -2.13. The molecule has 4 rings (SSSR count). The third kappa shape index (κ3) is 4.97. The van der Waals surface area contributed by atoms with E-state index in [0.29, 0.717) is 17.3 Å². The van der Waals surface area contributed by atoms with Crippen molar-refractivity contribution in [2.75, 3.05) is 6.61 Å². The first-order valence-electron chi connectivity index (χ1n) is 10.1. The summed E-state index contributed by atoms with van der Waals surface area (Å²) in [4.78, 5) is 15.5. The summed E-state index contributed by atoms with van der Waals surface area (Å²) in [5, 5.41) is 9.70. The third-order valence-electron chi connectivity index (χ3n) is 4.77. The van der Waals surface area contributed by atoms with Crippen LogP contribution in [0.15, 0.2) is 72.0 Å². The normalized spacial score (nSPS) is 10.8. The number of aryl methyl sites for hydroxylation is 2. The maximum Gasteiger partial charge on any atom is 0.255 e. The van der Waals surface area contributed by atoms with Gasteiger partial charge in [-0.2, -0.15) is 0 Å². The fourth-order valence-electron chi connectivity index (χ4n) is 3.33. The van der Waals surface area contributed by atoms with Crippen molar-refractivity contribution in [1.29, 1.82) is 0 Å². The molecular formula is C24H23N5O2S. The zero-order valence-electron chi connectivity index (χ0n) is 17.9. The summed E-state index contributed by atoms with van der Waals surface area (Å²) in [6.07, 6.45) is 1.75. The molecule has 0 radical (unpaired) electrons. The maximum absolute atomic E-state index is 11.0. The van der Waals surface area contributed by atoms with Crippen LogP contribution in [0.3, 0.4) is 0 Å². The van der Waals surface area contributed by atoms with Crippen molar-refractivity contribution >= 4 is 17.7 Å². The zero-order valence-corrected chi connectivity index (χ0v) is 18.7. The number of hydrogen-bond acceptors (Lipinski definition) is 6. The number of carbonyl (C=O) groups excluding carboxylic acids is 1. The van der Waals surface area contributed by atoms with E-state index in [0.717, 1.165) is 27.7 Å². The first-order valence-corrected chi connectivity index (χ1v) is 11.1. The average molecular weight is 446 g/mol. The fourth-order valence-corrected chi connectivity index (χ4v) is 4.21. The van der Waals surface area contributed by atoms with E-state index in [-0.39, 0.29) is 6.61 Å². The summed E-state index contributed by atoms with van der Waals surface area (Å²) in [5.74, 6) is 1.44. The Morgan fingerprint density at radius 1 is 1.06 bits per heavy atom. The highest BCUT2D eigenvalue weighted by Gasteiger charge is 2.18. The second kappa shape index (κ2) is 9.65. The molecule has 2 heterocycles. The van der Waals surface area contributed by atoms with E-state index in [4.69, 9.17) is 10.5 Å². The van der Waals surface area contributed by atoms with Gasteiger partial charge in [-0.1, -0.05) is 47.7 Å². The summed E-state index contributed by atoms with van der Waals surface area (Å²) in [6, 6.07) is 19.6. The summed E-state index contributed by atoms with van der Waals surface area (Å²) < 4.78 is 7.47. The van der Waals surface area contributed by atoms with Crippen molar-refractivity contribution < 1.29 is 9.53 Å². The van der Waals surface area contributed by atoms with Gasteiger partial charge in [-0.3, -0.25) is 14.3 Å². The van der Waals surface area contributed by atoms with E-state index < -0.39 is 5.91 Å². The number of primary amides is 1. The molecule has 0 aliphatic heterocycles. The number of thioether (sulfide) groups is 1. The minimum absolute atomic E-state index is 0.148. The molecule has 2 aromatic heterocycles. The molecule has 1 amide bonds. The lowest BCUT2D eigenvalue weighted by molar-refractivity contribution is -0.119. The third-order valence-corrected chi connectivity index (χ3v) is 5.77. The number of benzene rings is 2. The van der Waals surface area contributed by atoms with Gasteiger partial charge in [-0.15, -0.1) is 10.2 Å². The van der Waals surface area contributed by atoms with Crippen molar-refractivity contribution in [2.45, 2.75) is 24.8 Å². The number of nitrogens with zero attached hydrogens (tertiary/aromatic N) is 4. The molecule has 0 aliphatic carbocycles. The molecule has 8 heteroatoms. The molecule has 0 unspecified atom stereocenters. The van der Waals surface area contributed by atoms with Gasteiger partial charge in [0, 0.05) is 11.9 Å². The zero-order chi connectivity index (χ0) is 22.5. The Labute approximate surface area is 190 Å². The van der Waals surface area contributed by atoms with E-state index in [1.165, 1.54) is 5.56 Å². The van der Waals surface area contributed by atoms with Gasteiger partial charge in [0.15, 0.2) is 17.6 Å². The molecule has 0 saturated carbocycles. The topological polar surface area (TPSA) is 95.9 Å². The molecule has 0 aliphatic rings. The average Bonchev–Trinajstić information content (AvgIpc) is 3.21. The van der Waals surface area contributed by atoms with Gasteiger partial charge in [0.25, 0.3) is 5.91 Å². The van der Waals surface area contributed by atoms with Crippen LogP contribution in [-0.2, 0) is 10.5 Å². The molecule has 2 N–H and O–H groups in total. The standard InChI is InChI=1S/C24H23N5O2S/c1-16-9-10-21(17(2)12-16)29-23(20-8-3-4-11-26-20)27-28-24(29)32-15-18-6-5-7-19(13-18)31-14-22(25)30/h3-13H,14-15H2,1-2H3,(H2,25,30). The quantitative estimate of drug-likeness (QED) is 0.410. The van der Waals surface area contributed by atoms with Crippen molar-refractivity contribution in [3.05, 3.63) is 83.6 Å². The van der Waals surface area contributed by atoms with Crippen LogP contribution in [-0.4, -0.2) is 32.3 Å². The van der Waals surface area contributed by atoms with Gasteiger partial charge in [0.2, 0.25) is 0 Å². The highest BCUT2D eigenvalue weighted by molar-refractivity contribution is 7.98. The lowest BCUT2D eigenvalue weighted by atomic mass is 10.1. The molecule has 0 bridgehead atoms. The second-order valence-corrected chi connectivity index (χ2v) is 8.28. The molecule has 162 valence electrons. The van der Waals surface area contributed by atoms with E-state index in [1.807, 2.05) is 36.4 Å². The summed E-state index contributed by atoms with van der Waals surface area (Å²) >= 11 is 1.57. The van der Waals surface area contributed by atoms with Crippen LogP contribution in [0.4, 0.5) is 0 Å². The summed E-state index contributed by atoms with van der Waals surface area (Å²) in [5.41, 5.74) is 10.3. The minimum atomic E-state index is -0.506. The second-order valence-electron chi connectivity index (χ2n) is 7.34. The van der Waals surface area contributed by atoms with Crippen LogP contribution in [0.1, 0.15) is 16.7 Å². The summed E-state index contributed by atoms with van der Waals surface area (Å²) in [6.45, 7) is 4.01. The largest absolute Gasteiger partial charge is 0.484 e.